The summed E-state index contributed by atoms with van der Waals surface area (Å²) >= 11 is 1.44. The fourth-order valence-corrected chi connectivity index (χ4v) is 2.54. The molecule has 15 heavy (non-hydrogen) atoms. The van der Waals surface area contributed by atoms with E-state index in [0.29, 0.717) is 18.6 Å². The van der Waals surface area contributed by atoms with Crippen LogP contribution >= 0.6 is 11.8 Å². The second-order valence-corrected chi connectivity index (χ2v) is 4.73. The molecular weight excluding hydrogens is 212 g/mol. The van der Waals surface area contributed by atoms with Gasteiger partial charge in [0.15, 0.2) is 0 Å². The first-order valence-electron chi connectivity index (χ1n) is 5.04. The summed E-state index contributed by atoms with van der Waals surface area (Å²) in [6, 6.07) is 3.68. The van der Waals surface area contributed by atoms with E-state index in [-0.39, 0.29) is 0 Å². The van der Waals surface area contributed by atoms with Gasteiger partial charge >= 0.3 is 5.97 Å². The van der Waals surface area contributed by atoms with Crippen molar-refractivity contribution in [2.75, 3.05) is 0 Å². The molecule has 1 aromatic rings. The zero-order chi connectivity index (χ0) is 11.3. The topological polar surface area (TPSA) is 50.4 Å². The van der Waals surface area contributed by atoms with Gasteiger partial charge in [0.1, 0.15) is 10.5 Å². The average molecular weight is 228 g/mol. The summed E-state index contributed by atoms with van der Waals surface area (Å²) in [5, 5.41) is 9.20. The summed E-state index contributed by atoms with van der Waals surface area (Å²) in [5.41, 5.74) is 0. The number of carboxylic acids is 1. The largest absolute Gasteiger partial charge is 0.480 e. The molecule has 0 aliphatic heterocycles. The molecule has 0 atom stereocenters. The van der Waals surface area contributed by atoms with E-state index in [9.17, 15) is 9.90 Å². The lowest BCUT2D eigenvalue weighted by molar-refractivity contribution is -0.140. The highest BCUT2D eigenvalue weighted by Crippen LogP contribution is 2.35. The van der Waals surface area contributed by atoms with Crippen molar-refractivity contribution in [1.82, 2.24) is 0 Å². The van der Waals surface area contributed by atoms with Crippen molar-refractivity contribution < 1.29 is 14.3 Å². The van der Waals surface area contributed by atoms with Crippen LogP contribution in [0.2, 0.25) is 0 Å². The SMILES string of the molecule is CCC(CC)(SCc1ccco1)C(=O)O. The second-order valence-electron chi connectivity index (χ2n) is 3.37. The maximum absolute atomic E-state index is 11.2. The third kappa shape index (κ3) is 2.78. The Balaban J connectivity index is 2.63. The highest BCUT2D eigenvalue weighted by Gasteiger charge is 2.35. The molecule has 0 aromatic carbocycles. The Bertz CT molecular complexity index is 302. The summed E-state index contributed by atoms with van der Waals surface area (Å²) in [4.78, 5) is 11.2. The third-order valence-electron chi connectivity index (χ3n) is 2.60. The number of hydrogen-bond acceptors (Lipinski definition) is 3. The van der Waals surface area contributed by atoms with Gasteiger partial charge in [-0.25, -0.2) is 0 Å². The lowest BCUT2D eigenvalue weighted by Gasteiger charge is -2.25. The molecule has 0 saturated carbocycles. The maximum atomic E-state index is 11.2. The van der Waals surface area contributed by atoms with E-state index < -0.39 is 10.7 Å². The number of thioether (sulfide) groups is 1. The van der Waals surface area contributed by atoms with Crippen molar-refractivity contribution in [3.8, 4) is 0 Å². The number of carbonyl (C=O) groups is 1. The molecular formula is C11H16O3S. The van der Waals surface area contributed by atoms with E-state index in [1.165, 1.54) is 11.8 Å². The minimum Gasteiger partial charge on any atom is -0.480 e. The van der Waals surface area contributed by atoms with Gasteiger partial charge in [-0.3, -0.25) is 4.79 Å². The Morgan fingerprint density at radius 3 is 2.60 bits per heavy atom. The lowest BCUT2D eigenvalue weighted by Crippen LogP contribution is -2.33. The number of aliphatic carboxylic acids is 1. The van der Waals surface area contributed by atoms with Gasteiger partial charge in [-0.15, -0.1) is 11.8 Å². The predicted octanol–water partition coefficient (Wildman–Crippen LogP) is 3.16. The smallest absolute Gasteiger partial charge is 0.319 e. The quantitative estimate of drug-likeness (QED) is 0.812. The van der Waals surface area contributed by atoms with E-state index >= 15 is 0 Å². The average Bonchev–Trinajstić information content (AvgIpc) is 2.72. The monoisotopic (exact) mass is 228 g/mol. The number of carboxylic acid groups (broad SMARTS) is 1. The first kappa shape index (κ1) is 12.2. The Kier molecular flexibility index (Phi) is 4.27. The van der Waals surface area contributed by atoms with Gasteiger partial charge in [0, 0.05) is 0 Å². The number of hydrogen-bond donors (Lipinski definition) is 1. The van der Waals surface area contributed by atoms with Crippen LogP contribution in [0.25, 0.3) is 0 Å². The zero-order valence-electron chi connectivity index (χ0n) is 9.03. The molecule has 1 rings (SSSR count). The van der Waals surface area contributed by atoms with Gasteiger partial charge in [-0.05, 0) is 25.0 Å². The minimum absolute atomic E-state index is 0.612. The molecule has 1 aromatic heterocycles. The first-order chi connectivity index (χ1) is 7.14. The van der Waals surface area contributed by atoms with Crippen LogP contribution in [0.3, 0.4) is 0 Å². The van der Waals surface area contributed by atoms with Crippen molar-refractivity contribution in [1.29, 1.82) is 0 Å². The molecule has 3 nitrogen and oxygen atoms in total. The van der Waals surface area contributed by atoms with Crippen LogP contribution in [0.5, 0.6) is 0 Å². The fraction of sp³-hybridized carbons (Fsp3) is 0.545. The first-order valence-corrected chi connectivity index (χ1v) is 6.03. The summed E-state index contributed by atoms with van der Waals surface area (Å²) in [5.74, 6) is 0.706. The van der Waals surface area contributed by atoms with Gasteiger partial charge in [0.25, 0.3) is 0 Å². The normalized spacial score (nSPS) is 11.6. The molecule has 0 spiro atoms. The van der Waals surface area contributed by atoms with E-state index in [0.717, 1.165) is 5.76 Å². The highest BCUT2D eigenvalue weighted by atomic mass is 32.2. The Morgan fingerprint density at radius 1 is 1.53 bits per heavy atom. The van der Waals surface area contributed by atoms with Crippen molar-refractivity contribution in [2.45, 2.75) is 37.2 Å². The molecule has 0 aliphatic carbocycles. The molecule has 1 heterocycles. The summed E-state index contributed by atoms with van der Waals surface area (Å²) in [6.45, 7) is 3.82. The minimum atomic E-state index is -0.732. The number of furan rings is 1. The van der Waals surface area contributed by atoms with Gasteiger partial charge in [-0.1, -0.05) is 13.8 Å². The van der Waals surface area contributed by atoms with Crippen LogP contribution in [0.4, 0.5) is 0 Å². The van der Waals surface area contributed by atoms with Crippen LogP contribution in [-0.2, 0) is 10.5 Å². The van der Waals surface area contributed by atoms with Gasteiger partial charge in [0.05, 0.1) is 12.0 Å². The predicted molar refractivity (Wildman–Crippen MR) is 61.0 cm³/mol. The van der Waals surface area contributed by atoms with Crippen LogP contribution in [0, 0.1) is 0 Å². The van der Waals surface area contributed by atoms with E-state index in [4.69, 9.17) is 4.42 Å². The van der Waals surface area contributed by atoms with Crippen molar-refractivity contribution in [3.05, 3.63) is 24.2 Å². The molecule has 0 saturated heterocycles. The van der Waals surface area contributed by atoms with Gasteiger partial charge < -0.3 is 9.52 Å². The zero-order valence-corrected chi connectivity index (χ0v) is 9.84. The molecule has 1 N–H and O–H groups in total. The summed E-state index contributed by atoms with van der Waals surface area (Å²) < 4.78 is 4.51. The lowest BCUT2D eigenvalue weighted by atomic mass is 10.0. The van der Waals surface area contributed by atoms with Crippen LogP contribution < -0.4 is 0 Å². The summed E-state index contributed by atoms with van der Waals surface area (Å²) in [6.07, 6.45) is 2.87. The van der Waals surface area contributed by atoms with Crippen LogP contribution in [0.1, 0.15) is 32.4 Å². The third-order valence-corrected chi connectivity index (χ3v) is 4.34. The molecule has 4 heteroatoms. The Morgan fingerprint density at radius 2 is 2.20 bits per heavy atom. The molecule has 0 fully saturated rings. The van der Waals surface area contributed by atoms with Crippen molar-refractivity contribution >= 4 is 17.7 Å². The molecule has 84 valence electrons. The maximum Gasteiger partial charge on any atom is 0.319 e. The molecule has 0 bridgehead atoms. The molecule has 0 amide bonds. The van der Waals surface area contributed by atoms with Crippen LogP contribution in [0.15, 0.2) is 22.8 Å². The van der Waals surface area contributed by atoms with Crippen molar-refractivity contribution in [3.63, 3.8) is 0 Å². The van der Waals surface area contributed by atoms with Crippen molar-refractivity contribution in [2.24, 2.45) is 0 Å². The van der Waals surface area contributed by atoms with Gasteiger partial charge in [-0.2, -0.15) is 0 Å². The highest BCUT2D eigenvalue weighted by molar-refractivity contribution is 8.00. The van der Waals surface area contributed by atoms with E-state index in [1.807, 2.05) is 26.0 Å². The Hall–Kier alpha value is -0.900. The van der Waals surface area contributed by atoms with E-state index in [2.05, 4.69) is 0 Å². The fourth-order valence-electron chi connectivity index (χ4n) is 1.42. The molecule has 0 unspecified atom stereocenters. The van der Waals surface area contributed by atoms with E-state index in [1.54, 1.807) is 6.26 Å². The molecule has 0 radical (unpaired) electrons. The Labute approximate surface area is 93.9 Å². The standard InChI is InChI=1S/C11H16O3S/c1-3-11(4-2,10(12)13)15-8-9-6-5-7-14-9/h5-7H,3-4,8H2,1-2H3,(H,12,13). The number of rotatable bonds is 6. The molecule has 0 aliphatic rings. The summed E-state index contributed by atoms with van der Waals surface area (Å²) in [7, 11) is 0. The van der Waals surface area contributed by atoms with Crippen LogP contribution in [-0.4, -0.2) is 15.8 Å². The van der Waals surface area contributed by atoms with Gasteiger partial charge in [0.2, 0.25) is 0 Å². The second kappa shape index (κ2) is 5.26.